The fourth-order valence-electron chi connectivity index (χ4n) is 2.20. The van der Waals surface area contributed by atoms with Crippen LogP contribution in [0.5, 0.6) is 0 Å². The fourth-order valence-corrected chi connectivity index (χ4v) is 3.03. The summed E-state index contributed by atoms with van der Waals surface area (Å²) < 4.78 is 25.5. The van der Waals surface area contributed by atoms with Gasteiger partial charge in [0.15, 0.2) is 9.84 Å². The molecular formula is C12H13N5O2S. The van der Waals surface area contributed by atoms with Crippen LogP contribution in [0.4, 0.5) is 5.82 Å². The summed E-state index contributed by atoms with van der Waals surface area (Å²) in [5.74, 6) is 0.965. The molecule has 7 nitrogen and oxygen atoms in total. The highest BCUT2D eigenvalue weighted by Gasteiger charge is 2.19. The lowest BCUT2D eigenvalue weighted by Gasteiger charge is -2.01. The molecule has 0 aliphatic rings. The first kappa shape index (κ1) is 12.7. The molecule has 8 heteroatoms. The SMILES string of the molecule is Cn1c(-c2cn[nH]c2N)nc2c(S(C)(=O)=O)cccc21. The Morgan fingerprint density at radius 1 is 1.35 bits per heavy atom. The van der Waals surface area contributed by atoms with E-state index in [1.54, 1.807) is 22.9 Å². The van der Waals surface area contributed by atoms with Gasteiger partial charge in [0.2, 0.25) is 0 Å². The average molecular weight is 291 g/mol. The first-order valence-corrected chi connectivity index (χ1v) is 7.73. The third kappa shape index (κ3) is 1.76. The van der Waals surface area contributed by atoms with Crippen molar-refractivity contribution in [2.45, 2.75) is 4.90 Å². The second-order valence-electron chi connectivity index (χ2n) is 4.59. The van der Waals surface area contributed by atoms with E-state index in [0.29, 0.717) is 22.7 Å². The van der Waals surface area contributed by atoms with E-state index < -0.39 is 9.84 Å². The smallest absolute Gasteiger partial charge is 0.177 e. The van der Waals surface area contributed by atoms with Gasteiger partial charge in [-0.2, -0.15) is 5.10 Å². The van der Waals surface area contributed by atoms with Crippen molar-refractivity contribution < 1.29 is 8.42 Å². The van der Waals surface area contributed by atoms with E-state index >= 15 is 0 Å². The Balaban J connectivity index is 2.39. The third-order valence-corrected chi connectivity index (χ3v) is 4.31. The number of aromatic nitrogens is 4. The predicted octanol–water partition coefficient (Wildman–Crippen LogP) is 0.949. The van der Waals surface area contributed by atoms with Crippen LogP contribution in [0.3, 0.4) is 0 Å². The van der Waals surface area contributed by atoms with Crippen LogP contribution in [-0.4, -0.2) is 34.4 Å². The van der Waals surface area contributed by atoms with E-state index in [4.69, 9.17) is 5.73 Å². The molecule has 20 heavy (non-hydrogen) atoms. The lowest BCUT2D eigenvalue weighted by Crippen LogP contribution is -1.98. The number of imidazole rings is 1. The summed E-state index contributed by atoms with van der Waals surface area (Å²) >= 11 is 0. The fraction of sp³-hybridized carbons (Fsp3) is 0.167. The van der Waals surface area contributed by atoms with Crippen molar-refractivity contribution in [3.63, 3.8) is 0 Å². The number of anilines is 1. The summed E-state index contributed by atoms with van der Waals surface area (Å²) in [5.41, 5.74) is 7.60. The van der Waals surface area contributed by atoms with Crippen LogP contribution in [0.25, 0.3) is 22.4 Å². The van der Waals surface area contributed by atoms with Crippen molar-refractivity contribution in [1.82, 2.24) is 19.7 Å². The molecule has 2 heterocycles. The van der Waals surface area contributed by atoms with Crippen LogP contribution in [0.15, 0.2) is 29.3 Å². The van der Waals surface area contributed by atoms with Crippen LogP contribution in [0.2, 0.25) is 0 Å². The predicted molar refractivity (Wildman–Crippen MR) is 75.8 cm³/mol. The second-order valence-corrected chi connectivity index (χ2v) is 6.57. The normalized spacial score (nSPS) is 12.1. The quantitative estimate of drug-likeness (QED) is 0.731. The van der Waals surface area contributed by atoms with E-state index in [-0.39, 0.29) is 4.90 Å². The van der Waals surface area contributed by atoms with E-state index in [2.05, 4.69) is 15.2 Å². The number of benzene rings is 1. The Morgan fingerprint density at radius 3 is 2.70 bits per heavy atom. The van der Waals surface area contributed by atoms with E-state index in [0.717, 1.165) is 5.52 Å². The highest BCUT2D eigenvalue weighted by molar-refractivity contribution is 7.91. The molecule has 0 aliphatic heterocycles. The van der Waals surface area contributed by atoms with E-state index in [1.165, 1.54) is 6.26 Å². The van der Waals surface area contributed by atoms with Gasteiger partial charge in [0.25, 0.3) is 0 Å². The number of nitrogens with zero attached hydrogens (tertiary/aromatic N) is 3. The molecule has 0 atom stereocenters. The van der Waals surface area contributed by atoms with Gasteiger partial charge in [-0.25, -0.2) is 13.4 Å². The van der Waals surface area contributed by atoms with Gasteiger partial charge < -0.3 is 10.3 Å². The Kier molecular flexibility index (Phi) is 2.58. The molecule has 3 aromatic rings. The number of fused-ring (bicyclic) bond motifs is 1. The van der Waals surface area contributed by atoms with Gasteiger partial charge in [-0.1, -0.05) is 6.07 Å². The van der Waals surface area contributed by atoms with Crippen LogP contribution in [-0.2, 0) is 16.9 Å². The number of para-hydroxylation sites is 1. The first-order chi connectivity index (χ1) is 9.39. The number of aromatic amines is 1. The van der Waals surface area contributed by atoms with Gasteiger partial charge in [-0.05, 0) is 12.1 Å². The van der Waals surface area contributed by atoms with Gasteiger partial charge in [-0.15, -0.1) is 0 Å². The molecule has 1 aromatic carbocycles. The zero-order chi connectivity index (χ0) is 14.5. The third-order valence-electron chi connectivity index (χ3n) is 3.18. The number of hydrogen-bond acceptors (Lipinski definition) is 5. The summed E-state index contributed by atoms with van der Waals surface area (Å²) in [4.78, 5) is 4.63. The minimum atomic E-state index is -3.34. The monoisotopic (exact) mass is 291 g/mol. The van der Waals surface area contributed by atoms with Crippen LogP contribution < -0.4 is 5.73 Å². The lowest BCUT2D eigenvalue weighted by molar-refractivity contribution is 0.602. The molecule has 3 rings (SSSR count). The second kappa shape index (κ2) is 4.07. The summed E-state index contributed by atoms with van der Waals surface area (Å²) in [6.45, 7) is 0. The molecule has 0 saturated heterocycles. The number of H-pyrrole nitrogens is 1. The van der Waals surface area contributed by atoms with E-state index in [1.807, 2.05) is 13.1 Å². The average Bonchev–Trinajstić information content (AvgIpc) is 2.92. The molecule has 0 aliphatic carbocycles. The highest BCUT2D eigenvalue weighted by atomic mass is 32.2. The molecular weight excluding hydrogens is 278 g/mol. The maximum absolute atomic E-state index is 11.8. The summed E-state index contributed by atoms with van der Waals surface area (Å²) in [5, 5.41) is 6.50. The van der Waals surface area contributed by atoms with Gasteiger partial charge in [0, 0.05) is 13.3 Å². The first-order valence-electron chi connectivity index (χ1n) is 5.84. The molecule has 0 saturated carbocycles. The standard InChI is InChI=1S/C12H13N5O2S/c1-17-8-4-3-5-9(20(2,18)19)10(8)15-12(17)7-6-14-16-11(7)13/h3-6H,1-2H3,(H3,13,14,16). The van der Waals surface area contributed by atoms with Crippen LogP contribution in [0, 0.1) is 0 Å². The zero-order valence-electron chi connectivity index (χ0n) is 11.0. The Morgan fingerprint density at radius 2 is 2.10 bits per heavy atom. The number of hydrogen-bond donors (Lipinski definition) is 2. The molecule has 0 fully saturated rings. The number of nitrogen functional groups attached to an aromatic ring is 1. The van der Waals surface area contributed by atoms with Crippen LogP contribution >= 0.6 is 0 Å². The van der Waals surface area contributed by atoms with Crippen LogP contribution in [0.1, 0.15) is 0 Å². The number of nitrogens with one attached hydrogen (secondary N) is 1. The minimum Gasteiger partial charge on any atom is -0.383 e. The molecule has 104 valence electrons. The maximum atomic E-state index is 11.8. The summed E-state index contributed by atoms with van der Waals surface area (Å²) in [7, 11) is -1.53. The van der Waals surface area contributed by atoms with Crippen molar-refractivity contribution in [1.29, 1.82) is 0 Å². The van der Waals surface area contributed by atoms with Crippen molar-refractivity contribution >= 4 is 26.7 Å². The molecule has 3 N–H and O–H groups in total. The van der Waals surface area contributed by atoms with Gasteiger partial charge >= 0.3 is 0 Å². The van der Waals surface area contributed by atoms with Crippen molar-refractivity contribution in [3.8, 4) is 11.4 Å². The lowest BCUT2D eigenvalue weighted by atomic mass is 10.3. The Bertz CT molecular complexity index is 907. The topological polar surface area (TPSA) is 107 Å². The molecule has 0 radical (unpaired) electrons. The summed E-state index contributed by atoms with van der Waals surface area (Å²) in [6.07, 6.45) is 2.74. The Labute approximate surface area is 115 Å². The summed E-state index contributed by atoms with van der Waals surface area (Å²) in [6, 6.07) is 5.06. The maximum Gasteiger partial charge on any atom is 0.177 e. The van der Waals surface area contributed by atoms with Gasteiger partial charge in [0.05, 0.1) is 22.2 Å². The van der Waals surface area contributed by atoms with E-state index in [9.17, 15) is 8.42 Å². The number of rotatable bonds is 2. The molecule has 0 spiro atoms. The van der Waals surface area contributed by atoms with Crippen molar-refractivity contribution in [2.24, 2.45) is 7.05 Å². The minimum absolute atomic E-state index is 0.207. The Hall–Kier alpha value is -2.35. The zero-order valence-corrected chi connectivity index (χ0v) is 11.8. The van der Waals surface area contributed by atoms with Crippen molar-refractivity contribution in [3.05, 3.63) is 24.4 Å². The number of nitrogens with two attached hydrogens (primary N) is 1. The number of sulfone groups is 1. The number of aryl methyl sites for hydroxylation is 1. The van der Waals surface area contributed by atoms with Crippen molar-refractivity contribution in [2.75, 3.05) is 12.0 Å². The van der Waals surface area contributed by atoms with Gasteiger partial charge in [0.1, 0.15) is 17.2 Å². The van der Waals surface area contributed by atoms with Gasteiger partial charge in [-0.3, -0.25) is 5.10 Å². The molecule has 2 aromatic heterocycles. The largest absolute Gasteiger partial charge is 0.383 e. The highest BCUT2D eigenvalue weighted by Crippen LogP contribution is 2.29. The molecule has 0 unspecified atom stereocenters. The molecule has 0 amide bonds. The molecule has 0 bridgehead atoms.